The maximum atomic E-state index is 13.6. The van der Waals surface area contributed by atoms with Gasteiger partial charge in [0.2, 0.25) is 0 Å². The van der Waals surface area contributed by atoms with Gasteiger partial charge < -0.3 is 0 Å². The van der Waals surface area contributed by atoms with Crippen LogP contribution in [0.2, 0.25) is 0 Å². The quantitative estimate of drug-likeness (QED) is 0.684. The van der Waals surface area contributed by atoms with Crippen LogP contribution in [-0.4, -0.2) is 0 Å². The van der Waals surface area contributed by atoms with E-state index in [0.29, 0.717) is 17.4 Å². The molecule has 3 atom stereocenters. The first-order valence-corrected chi connectivity index (χ1v) is 6.60. The molecule has 0 saturated heterocycles. The molecule has 3 unspecified atom stereocenters. The van der Waals surface area contributed by atoms with Crippen molar-refractivity contribution >= 4 is 15.9 Å². The first kappa shape index (κ1) is 12.0. The van der Waals surface area contributed by atoms with Gasteiger partial charge >= 0.3 is 0 Å². The number of hydrogen-bond donors (Lipinski definition) is 0. The molecular weight excluding hydrogens is 274 g/mol. The first-order valence-electron chi connectivity index (χ1n) is 5.68. The molecule has 1 aromatic carbocycles. The lowest BCUT2D eigenvalue weighted by molar-refractivity contribution is 0.406. The van der Waals surface area contributed by atoms with Crippen molar-refractivity contribution < 1.29 is 8.78 Å². The van der Waals surface area contributed by atoms with E-state index in [1.807, 2.05) is 0 Å². The Kier molecular flexibility index (Phi) is 3.63. The molecule has 1 aliphatic rings. The summed E-state index contributed by atoms with van der Waals surface area (Å²) >= 11 is 3.57. The highest BCUT2D eigenvalue weighted by molar-refractivity contribution is 9.09. The molecule has 1 saturated carbocycles. The molecule has 0 heterocycles. The summed E-state index contributed by atoms with van der Waals surface area (Å²) in [6.45, 7) is 2.20. The fourth-order valence-corrected chi connectivity index (χ4v) is 3.72. The fourth-order valence-electron chi connectivity index (χ4n) is 2.56. The fraction of sp³-hybridized carbons (Fsp3) is 0.538. The Morgan fingerprint density at radius 1 is 1.31 bits per heavy atom. The molecule has 88 valence electrons. The summed E-state index contributed by atoms with van der Waals surface area (Å²) in [7, 11) is 0. The summed E-state index contributed by atoms with van der Waals surface area (Å²) < 4.78 is 26.4. The predicted molar refractivity (Wildman–Crippen MR) is 64.5 cm³/mol. The highest BCUT2D eigenvalue weighted by Crippen LogP contribution is 2.45. The normalized spacial score (nSPS) is 27.0. The van der Waals surface area contributed by atoms with E-state index in [4.69, 9.17) is 0 Å². The van der Waals surface area contributed by atoms with E-state index in [0.717, 1.165) is 12.5 Å². The third-order valence-corrected chi connectivity index (χ3v) is 4.74. The van der Waals surface area contributed by atoms with Crippen molar-refractivity contribution in [1.29, 1.82) is 0 Å². The van der Waals surface area contributed by atoms with Gasteiger partial charge in [0.25, 0.3) is 0 Å². The Balaban J connectivity index is 2.23. The SMILES string of the molecule is CC1CCCC1C(Br)c1ccc(F)cc1F. The first-order chi connectivity index (χ1) is 7.59. The summed E-state index contributed by atoms with van der Waals surface area (Å²) in [6.07, 6.45) is 3.53. The molecule has 1 aliphatic carbocycles. The van der Waals surface area contributed by atoms with E-state index in [1.54, 1.807) is 6.07 Å². The Hall–Kier alpha value is -0.440. The van der Waals surface area contributed by atoms with Crippen LogP contribution in [0.25, 0.3) is 0 Å². The van der Waals surface area contributed by atoms with Gasteiger partial charge in [0, 0.05) is 16.5 Å². The van der Waals surface area contributed by atoms with Gasteiger partial charge in [-0.2, -0.15) is 0 Å². The van der Waals surface area contributed by atoms with Crippen molar-refractivity contribution in [3.63, 3.8) is 0 Å². The molecule has 0 aromatic heterocycles. The number of rotatable bonds is 2. The van der Waals surface area contributed by atoms with E-state index >= 15 is 0 Å². The third-order valence-electron chi connectivity index (χ3n) is 3.56. The molecule has 0 amide bonds. The van der Waals surface area contributed by atoms with E-state index in [1.165, 1.54) is 18.9 Å². The minimum absolute atomic E-state index is 0.00519. The van der Waals surface area contributed by atoms with Crippen molar-refractivity contribution in [2.45, 2.75) is 31.0 Å². The summed E-state index contributed by atoms with van der Waals surface area (Å²) in [5, 5.41) is 0. The van der Waals surface area contributed by atoms with Gasteiger partial charge in [0.15, 0.2) is 0 Å². The van der Waals surface area contributed by atoms with Crippen molar-refractivity contribution in [3.05, 3.63) is 35.4 Å². The van der Waals surface area contributed by atoms with Crippen molar-refractivity contribution in [1.82, 2.24) is 0 Å². The predicted octanol–water partition coefficient (Wildman–Crippen LogP) is 4.84. The summed E-state index contributed by atoms with van der Waals surface area (Å²) in [4.78, 5) is 0.00519. The zero-order valence-electron chi connectivity index (χ0n) is 9.22. The average Bonchev–Trinajstić information content (AvgIpc) is 2.63. The largest absolute Gasteiger partial charge is 0.207 e. The molecule has 0 N–H and O–H groups in total. The third kappa shape index (κ3) is 2.29. The molecule has 1 aromatic rings. The summed E-state index contributed by atoms with van der Waals surface area (Å²) in [5.74, 6) is 0.107. The van der Waals surface area contributed by atoms with Crippen LogP contribution in [0.4, 0.5) is 8.78 Å². The maximum Gasteiger partial charge on any atom is 0.130 e. The standard InChI is InChI=1S/C13H15BrF2/c1-8-3-2-4-10(8)13(14)11-6-5-9(15)7-12(11)16/h5-8,10,13H,2-4H2,1H3. The molecule has 0 spiro atoms. The van der Waals surface area contributed by atoms with Gasteiger partial charge in [-0.15, -0.1) is 0 Å². The van der Waals surface area contributed by atoms with Gasteiger partial charge in [-0.05, 0) is 24.3 Å². The molecule has 0 nitrogen and oxygen atoms in total. The zero-order chi connectivity index (χ0) is 11.7. The van der Waals surface area contributed by atoms with Gasteiger partial charge in [-0.25, -0.2) is 8.78 Å². The van der Waals surface area contributed by atoms with Crippen molar-refractivity contribution in [2.75, 3.05) is 0 Å². The van der Waals surface area contributed by atoms with Crippen LogP contribution in [0.15, 0.2) is 18.2 Å². The van der Waals surface area contributed by atoms with Gasteiger partial charge in [-0.1, -0.05) is 41.8 Å². The highest BCUT2D eigenvalue weighted by Gasteiger charge is 2.31. The van der Waals surface area contributed by atoms with E-state index in [-0.39, 0.29) is 4.83 Å². The van der Waals surface area contributed by atoms with Gasteiger partial charge in [0.05, 0.1) is 0 Å². The Bertz CT molecular complexity index is 378. The number of hydrogen-bond acceptors (Lipinski definition) is 0. The molecular formula is C13H15BrF2. The lowest BCUT2D eigenvalue weighted by atomic mass is 9.90. The Morgan fingerprint density at radius 2 is 2.06 bits per heavy atom. The van der Waals surface area contributed by atoms with Gasteiger partial charge in [-0.3, -0.25) is 0 Å². The van der Waals surface area contributed by atoms with E-state index < -0.39 is 11.6 Å². The minimum Gasteiger partial charge on any atom is -0.207 e. The summed E-state index contributed by atoms with van der Waals surface area (Å²) in [6, 6.07) is 3.84. The topological polar surface area (TPSA) is 0 Å². The second kappa shape index (κ2) is 4.82. The molecule has 0 radical (unpaired) electrons. The van der Waals surface area contributed by atoms with Crippen LogP contribution in [-0.2, 0) is 0 Å². The average molecular weight is 289 g/mol. The van der Waals surface area contributed by atoms with Crippen LogP contribution in [0, 0.1) is 23.5 Å². The van der Waals surface area contributed by atoms with Gasteiger partial charge in [0.1, 0.15) is 11.6 Å². The van der Waals surface area contributed by atoms with Crippen molar-refractivity contribution in [2.24, 2.45) is 11.8 Å². The molecule has 0 aliphatic heterocycles. The maximum absolute atomic E-state index is 13.6. The zero-order valence-corrected chi connectivity index (χ0v) is 10.8. The Morgan fingerprint density at radius 3 is 2.62 bits per heavy atom. The van der Waals surface area contributed by atoms with Crippen LogP contribution >= 0.6 is 15.9 Å². The number of halogens is 3. The molecule has 0 bridgehead atoms. The van der Waals surface area contributed by atoms with E-state index in [2.05, 4.69) is 22.9 Å². The van der Waals surface area contributed by atoms with Crippen LogP contribution in [0.5, 0.6) is 0 Å². The smallest absolute Gasteiger partial charge is 0.130 e. The lowest BCUT2D eigenvalue weighted by Gasteiger charge is -2.22. The minimum atomic E-state index is -0.513. The van der Waals surface area contributed by atoms with Crippen LogP contribution in [0.1, 0.15) is 36.6 Å². The molecule has 2 rings (SSSR count). The van der Waals surface area contributed by atoms with Crippen LogP contribution < -0.4 is 0 Å². The van der Waals surface area contributed by atoms with Crippen molar-refractivity contribution in [3.8, 4) is 0 Å². The second-order valence-electron chi connectivity index (χ2n) is 4.64. The summed E-state index contributed by atoms with van der Waals surface area (Å²) in [5.41, 5.74) is 0.583. The Labute approximate surface area is 103 Å². The molecule has 1 fully saturated rings. The monoisotopic (exact) mass is 288 g/mol. The molecule has 3 heteroatoms. The van der Waals surface area contributed by atoms with Crippen LogP contribution in [0.3, 0.4) is 0 Å². The molecule has 16 heavy (non-hydrogen) atoms. The highest BCUT2D eigenvalue weighted by atomic mass is 79.9. The second-order valence-corrected chi connectivity index (χ2v) is 5.63. The lowest BCUT2D eigenvalue weighted by Crippen LogP contribution is -2.12. The number of benzene rings is 1. The number of alkyl halides is 1. The van der Waals surface area contributed by atoms with E-state index in [9.17, 15) is 8.78 Å².